The molecule has 3 atom stereocenters. The van der Waals surface area contributed by atoms with Crippen molar-refractivity contribution in [2.75, 3.05) is 18.8 Å². The molecule has 0 unspecified atom stereocenters. The number of unbranched alkanes of at least 4 members (excludes halogenated alkanes) is 3. The Kier molecular flexibility index (Phi) is 10.1. The number of carbonyl (C=O) groups excluding carboxylic acids is 1. The summed E-state index contributed by atoms with van der Waals surface area (Å²) in [5, 5.41) is 14.8. The lowest BCUT2D eigenvalue weighted by Crippen LogP contribution is -2.36. The highest BCUT2D eigenvalue weighted by atomic mass is 32.2. The average molecular weight is 346 g/mol. The first kappa shape index (κ1) is 20.1. The summed E-state index contributed by atoms with van der Waals surface area (Å²) in [5.74, 6) is 0.236. The fraction of sp³-hybridized carbons (Fsp3) is 0.867. The van der Waals surface area contributed by atoms with Gasteiger partial charge in [-0.3, -0.25) is 4.79 Å². The van der Waals surface area contributed by atoms with Crippen molar-refractivity contribution in [3.63, 3.8) is 0 Å². The molecule has 2 saturated heterocycles. The van der Waals surface area contributed by atoms with Crippen molar-refractivity contribution in [2.24, 2.45) is 11.5 Å². The van der Waals surface area contributed by atoms with Gasteiger partial charge in [0.05, 0.1) is 12.1 Å². The van der Waals surface area contributed by atoms with Crippen LogP contribution < -0.4 is 22.1 Å². The van der Waals surface area contributed by atoms with Crippen molar-refractivity contribution in [2.45, 2.75) is 62.3 Å². The maximum Gasteiger partial charge on any atom is 0.315 e. The Morgan fingerprint density at radius 2 is 1.83 bits per heavy atom. The molecule has 2 fully saturated rings. The van der Waals surface area contributed by atoms with Crippen LogP contribution in [0.25, 0.3) is 0 Å². The summed E-state index contributed by atoms with van der Waals surface area (Å²) in [6.45, 7) is 1.61. The third-order valence-corrected chi connectivity index (χ3v) is 5.48. The number of nitrogens with two attached hydrogens (primary N) is 2. The van der Waals surface area contributed by atoms with Crippen molar-refractivity contribution >= 4 is 23.8 Å². The molecule has 134 valence electrons. The van der Waals surface area contributed by atoms with Gasteiger partial charge >= 0.3 is 12.0 Å². The molecule has 0 radical (unpaired) electrons. The fourth-order valence-corrected chi connectivity index (χ4v) is 4.27. The van der Waals surface area contributed by atoms with Crippen molar-refractivity contribution in [3.8, 4) is 0 Å². The van der Waals surface area contributed by atoms with E-state index >= 15 is 0 Å². The van der Waals surface area contributed by atoms with Crippen LogP contribution in [-0.4, -0.2) is 53.3 Å². The van der Waals surface area contributed by atoms with Crippen molar-refractivity contribution in [1.29, 1.82) is 0 Å². The van der Waals surface area contributed by atoms with E-state index in [-0.39, 0.29) is 24.5 Å². The number of hydrogen-bond acceptors (Lipinski definition) is 5. The maximum atomic E-state index is 11.1. The molecule has 23 heavy (non-hydrogen) atoms. The van der Waals surface area contributed by atoms with Crippen molar-refractivity contribution in [3.05, 3.63) is 0 Å². The van der Waals surface area contributed by atoms with Crippen LogP contribution in [0.4, 0.5) is 4.79 Å². The van der Waals surface area contributed by atoms with E-state index in [4.69, 9.17) is 16.6 Å². The molecule has 7 N–H and O–H groups in total. The zero-order valence-electron chi connectivity index (χ0n) is 13.6. The average Bonchev–Trinajstić information content (AvgIpc) is 3.04. The van der Waals surface area contributed by atoms with E-state index < -0.39 is 5.97 Å². The molecule has 2 aliphatic heterocycles. The standard InChI is InChI=1S/C10H16N2O3S.C5H14N2/c13-8(14)4-2-1-3-7-9-6(5-16-7)11-10(15)12-9;6-4-2-1-3-5-7/h6-7,9H,1-5H2,(H,13,14)(H2,11,12,15);1-7H2/t6-,7-,9-;/m0./s1. The highest BCUT2D eigenvalue weighted by molar-refractivity contribution is 8.00. The lowest BCUT2D eigenvalue weighted by molar-refractivity contribution is -0.137. The zero-order chi connectivity index (χ0) is 17.1. The smallest absolute Gasteiger partial charge is 0.315 e. The van der Waals surface area contributed by atoms with E-state index in [0.717, 1.165) is 50.9 Å². The molecule has 0 spiro atoms. The van der Waals surface area contributed by atoms with Crippen LogP contribution in [0.5, 0.6) is 0 Å². The minimum atomic E-state index is -0.729. The number of thioether (sulfide) groups is 1. The van der Waals surface area contributed by atoms with Gasteiger partial charge in [0, 0.05) is 17.4 Å². The molecule has 0 aromatic heterocycles. The van der Waals surface area contributed by atoms with Crippen LogP contribution in [0.15, 0.2) is 0 Å². The van der Waals surface area contributed by atoms with E-state index in [0.29, 0.717) is 5.25 Å². The van der Waals surface area contributed by atoms with Gasteiger partial charge in [0.25, 0.3) is 0 Å². The first-order valence-electron chi connectivity index (χ1n) is 8.39. The lowest BCUT2D eigenvalue weighted by Gasteiger charge is -2.16. The SMILES string of the molecule is NCCCCCN.O=C(O)CCCC[C@@H]1SC[C@@H]2NC(=O)N[C@@H]21. The summed E-state index contributed by atoms with van der Waals surface area (Å²) in [6.07, 6.45) is 6.31. The third kappa shape index (κ3) is 7.90. The van der Waals surface area contributed by atoms with Crippen LogP contribution in [-0.2, 0) is 4.79 Å². The molecule has 2 amide bonds. The Morgan fingerprint density at radius 1 is 1.13 bits per heavy atom. The molecule has 0 bridgehead atoms. The summed E-state index contributed by atoms with van der Waals surface area (Å²) >= 11 is 1.87. The molecule has 2 aliphatic rings. The molecule has 7 nitrogen and oxygen atoms in total. The number of rotatable bonds is 9. The molecule has 0 aromatic rings. The van der Waals surface area contributed by atoms with Crippen molar-refractivity contribution < 1.29 is 14.7 Å². The van der Waals surface area contributed by atoms with Gasteiger partial charge in [-0.05, 0) is 38.8 Å². The number of fused-ring (bicyclic) bond motifs is 1. The number of hydrogen-bond donors (Lipinski definition) is 5. The largest absolute Gasteiger partial charge is 0.481 e. The summed E-state index contributed by atoms with van der Waals surface area (Å²) < 4.78 is 0. The highest BCUT2D eigenvalue weighted by Gasteiger charge is 2.42. The maximum absolute atomic E-state index is 11.1. The van der Waals surface area contributed by atoms with E-state index in [2.05, 4.69) is 10.6 Å². The molecule has 0 saturated carbocycles. The molecule has 8 heteroatoms. The highest BCUT2D eigenvalue weighted by Crippen LogP contribution is 2.33. The van der Waals surface area contributed by atoms with Crippen LogP contribution in [0.1, 0.15) is 44.9 Å². The summed E-state index contributed by atoms with van der Waals surface area (Å²) in [7, 11) is 0. The first-order chi connectivity index (χ1) is 11.1. The first-order valence-corrected chi connectivity index (χ1v) is 9.44. The number of nitrogens with one attached hydrogen (secondary N) is 2. The molecule has 0 aromatic carbocycles. The molecular formula is C15H30N4O3S. The third-order valence-electron chi connectivity index (χ3n) is 3.98. The molecule has 2 heterocycles. The van der Waals surface area contributed by atoms with E-state index in [1.165, 1.54) is 6.42 Å². The van der Waals surface area contributed by atoms with Gasteiger partial charge in [0.2, 0.25) is 0 Å². The molecular weight excluding hydrogens is 316 g/mol. The zero-order valence-corrected chi connectivity index (χ0v) is 14.4. The number of carboxylic acid groups (broad SMARTS) is 1. The molecule has 2 rings (SSSR count). The Balaban J connectivity index is 0.000000322. The second kappa shape index (κ2) is 11.5. The van der Waals surface area contributed by atoms with Crippen LogP contribution in [0.3, 0.4) is 0 Å². The number of carboxylic acids is 1. The quantitative estimate of drug-likeness (QED) is 0.311. The second-order valence-electron chi connectivity index (χ2n) is 5.90. The Labute approximate surface area is 142 Å². The number of carbonyl (C=O) groups is 2. The van der Waals surface area contributed by atoms with E-state index in [9.17, 15) is 9.59 Å². The second-order valence-corrected chi connectivity index (χ2v) is 7.17. The monoisotopic (exact) mass is 346 g/mol. The van der Waals surface area contributed by atoms with Gasteiger partial charge in [-0.2, -0.15) is 11.8 Å². The van der Waals surface area contributed by atoms with Gasteiger partial charge in [-0.1, -0.05) is 12.8 Å². The van der Waals surface area contributed by atoms with Crippen LogP contribution >= 0.6 is 11.8 Å². The molecule has 0 aliphatic carbocycles. The normalized spacial score (nSPS) is 25.1. The fourth-order valence-electron chi connectivity index (χ4n) is 2.73. The van der Waals surface area contributed by atoms with Gasteiger partial charge in [0.1, 0.15) is 0 Å². The Hall–Kier alpha value is -0.990. The minimum absolute atomic E-state index is 0.0640. The Morgan fingerprint density at radius 3 is 2.43 bits per heavy atom. The van der Waals surface area contributed by atoms with Gasteiger partial charge in [0.15, 0.2) is 0 Å². The number of urea groups is 1. The summed E-state index contributed by atoms with van der Waals surface area (Å²) in [6, 6.07) is 0.440. The summed E-state index contributed by atoms with van der Waals surface area (Å²) in [5.41, 5.74) is 10.5. The van der Waals surface area contributed by atoms with E-state index in [1.807, 2.05) is 11.8 Å². The topological polar surface area (TPSA) is 130 Å². The van der Waals surface area contributed by atoms with Gasteiger partial charge in [-0.25, -0.2) is 4.79 Å². The van der Waals surface area contributed by atoms with Crippen LogP contribution in [0.2, 0.25) is 0 Å². The number of amides is 2. The Bertz CT molecular complexity index is 367. The van der Waals surface area contributed by atoms with Gasteiger partial charge in [-0.15, -0.1) is 0 Å². The van der Waals surface area contributed by atoms with E-state index in [1.54, 1.807) is 0 Å². The summed E-state index contributed by atoms with van der Waals surface area (Å²) in [4.78, 5) is 21.5. The lowest BCUT2D eigenvalue weighted by atomic mass is 10.0. The minimum Gasteiger partial charge on any atom is -0.481 e. The van der Waals surface area contributed by atoms with Gasteiger partial charge < -0.3 is 27.2 Å². The predicted molar refractivity (Wildman–Crippen MR) is 93.6 cm³/mol. The van der Waals surface area contributed by atoms with Crippen molar-refractivity contribution in [1.82, 2.24) is 10.6 Å². The predicted octanol–water partition coefficient (Wildman–Crippen LogP) is 0.871. The number of aliphatic carboxylic acids is 1. The van der Waals surface area contributed by atoms with Crippen LogP contribution in [0, 0.1) is 0 Å².